The van der Waals surface area contributed by atoms with Gasteiger partial charge in [-0.1, -0.05) is 36.4 Å². The highest BCUT2D eigenvalue weighted by atomic mass is 32.1. The number of aromatic nitrogens is 2. The first-order valence-corrected chi connectivity index (χ1v) is 10.2. The van der Waals surface area contributed by atoms with Crippen molar-refractivity contribution in [3.05, 3.63) is 88.6 Å². The first-order valence-electron chi connectivity index (χ1n) is 9.34. The molecule has 29 heavy (non-hydrogen) atoms. The predicted molar refractivity (Wildman–Crippen MR) is 117 cm³/mol. The zero-order valence-corrected chi connectivity index (χ0v) is 16.6. The van der Waals surface area contributed by atoms with Gasteiger partial charge in [0.25, 0.3) is 5.91 Å². The zero-order valence-electron chi connectivity index (χ0n) is 15.8. The maximum atomic E-state index is 12.6. The number of amides is 1. The van der Waals surface area contributed by atoms with Crippen molar-refractivity contribution in [1.29, 1.82) is 0 Å². The molecular weight excluding hydrogens is 380 g/mol. The Morgan fingerprint density at radius 1 is 0.966 bits per heavy atom. The van der Waals surface area contributed by atoms with Crippen LogP contribution in [0.4, 0.5) is 16.6 Å². The van der Waals surface area contributed by atoms with Gasteiger partial charge in [0.2, 0.25) is 0 Å². The van der Waals surface area contributed by atoms with E-state index >= 15 is 0 Å². The summed E-state index contributed by atoms with van der Waals surface area (Å²) >= 11 is 1.38. The Labute approximate surface area is 172 Å². The van der Waals surface area contributed by atoms with Gasteiger partial charge in [0.05, 0.1) is 0 Å². The summed E-state index contributed by atoms with van der Waals surface area (Å²) in [7, 11) is 0. The quantitative estimate of drug-likeness (QED) is 0.425. The van der Waals surface area contributed by atoms with E-state index in [0.717, 1.165) is 17.8 Å². The van der Waals surface area contributed by atoms with Crippen LogP contribution in [0.15, 0.2) is 66.0 Å². The second kappa shape index (κ2) is 7.14. The second-order valence-corrected chi connectivity index (χ2v) is 7.85. The van der Waals surface area contributed by atoms with E-state index in [1.54, 1.807) is 5.38 Å². The normalized spacial score (nSPS) is 11.6. The molecule has 4 aromatic rings. The third-order valence-corrected chi connectivity index (χ3v) is 5.67. The summed E-state index contributed by atoms with van der Waals surface area (Å²) in [6, 6.07) is 20.2. The number of nitrogens with zero attached hydrogens (tertiary/aromatic N) is 2. The molecule has 0 unspecified atom stereocenters. The fourth-order valence-electron chi connectivity index (χ4n) is 3.58. The standard InChI is InChI=1S/C23H18N4OS/c1-14-5-4-8-21(24-14)27-23-26-20(13-29-23)22(28)25-17-9-10-19-16(12-17)11-15-6-2-3-7-18(15)19/h2-10,12-13H,11H2,1H3,(H,25,28)(H,24,26,27). The number of anilines is 3. The Morgan fingerprint density at radius 3 is 2.72 bits per heavy atom. The Morgan fingerprint density at radius 2 is 1.83 bits per heavy atom. The van der Waals surface area contributed by atoms with E-state index in [0.29, 0.717) is 16.6 Å². The minimum atomic E-state index is -0.220. The van der Waals surface area contributed by atoms with Crippen LogP contribution < -0.4 is 10.6 Å². The second-order valence-electron chi connectivity index (χ2n) is 6.99. The van der Waals surface area contributed by atoms with Gasteiger partial charge in [0.1, 0.15) is 11.5 Å². The molecule has 0 bridgehead atoms. The summed E-state index contributed by atoms with van der Waals surface area (Å²) in [5.41, 5.74) is 7.16. The fraction of sp³-hybridized carbons (Fsp3) is 0.0870. The van der Waals surface area contributed by atoms with Gasteiger partial charge in [-0.25, -0.2) is 9.97 Å². The molecule has 0 radical (unpaired) electrons. The number of hydrogen-bond donors (Lipinski definition) is 2. The van der Waals surface area contributed by atoms with Crippen molar-refractivity contribution in [3.8, 4) is 11.1 Å². The summed E-state index contributed by atoms with van der Waals surface area (Å²) in [4.78, 5) is 21.4. The number of carbonyl (C=O) groups excluding carboxylic acids is 1. The summed E-state index contributed by atoms with van der Waals surface area (Å²) < 4.78 is 0. The molecule has 2 aromatic heterocycles. The van der Waals surface area contributed by atoms with Crippen molar-refractivity contribution in [1.82, 2.24) is 9.97 Å². The van der Waals surface area contributed by atoms with E-state index in [4.69, 9.17) is 0 Å². The lowest BCUT2D eigenvalue weighted by Crippen LogP contribution is -2.12. The van der Waals surface area contributed by atoms with Gasteiger partial charge in [0, 0.05) is 16.8 Å². The van der Waals surface area contributed by atoms with Crippen molar-refractivity contribution in [2.45, 2.75) is 13.3 Å². The molecule has 2 aromatic carbocycles. The number of nitrogens with one attached hydrogen (secondary N) is 2. The summed E-state index contributed by atoms with van der Waals surface area (Å²) in [6.07, 6.45) is 0.892. The predicted octanol–water partition coefficient (Wildman–Crippen LogP) is 5.41. The molecule has 0 aliphatic heterocycles. The number of aryl methyl sites for hydroxylation is 1. The first-order chi connectivity index (χ1) is 14.2. The number of thiazole rings is 1. The third-order valence-electron chi connectivity index (χ3n) is 4.91. The van der Waals surface area contributed by atoms with E-state index in [9.17, 15) is 4.79 Å². The van der Waals surface area contributed by atoms with Gasteiger partial charge >= 0.3 is 0 Å². The van der Waals surface area contributed by atoms with Crippen LogP contribution in [0.25, 0.3) is 11.1 Å². The molecule has 0 atom stereocenters. The molecule has 5 nitrogen and oxygen atoms in total. The Hall–Kier alpha value is -3.51. The van der Waals surface area contributed by atoms with Gasteiger partial charge in [0.15, 0.2) is 5.13 Å². The van der Waals surface area contributed by atoms with Crippen LogP contribution in [0, 0.1) is 6.92 Å². The van der Waals surface area contributed by atoms with E-state index < -0.39 is 0 Å². The van der Waals surface area contributed by atoms with Crippen molar-refractivity contribution >= 4 is 33.9 Å². The number of carbonyl (C=O) groups is 1. The average Bonchev–Trinajstić information content (AvgIpc) is 3.32. The van der Waals surface area contributed by atoms with Crippen LogP contribution in [0.2, 0.25) is 0 Å². The topological polar surface area (TPSA) is 66.9 Å². The maximum Gasteiger partial charge on any atom is 0.275 e. The lowest BCUT2D eigenvalue weighted by molar-refractivity contribution is 0.102. The SMILES string of the molecule is Cc1cccc(Nc2nc(C(=O)Nc3ccc4c(c3)Cc3ccccc3-4)cs2)n1. The molecule has 142 valence electrons. The lowest BCUT2D eigenvalue weighted by atomic mass is 10.1. The maximum absolute atomic E-state index is 12.6. The highest BCUT2D eigenvalue weighted by Gasteiger charge is 2.19. The molecule has 0 saturated heterocycles. The van der Waals surface area contributed by atoms with Crippen molar-refractivity contribution in [2.24, 2.45) is 0 Å². The molecule has 0 spiro atoms. The van der Waals surface area contributed by atoms with Gasteiger partial charge < -0.3 is 10.6 Å². The molecule has 2 heterocycles. The number of benzene rings is 2. The average molecular weight is 398 g/mol. The van der Waals surface area contributed by atoms with Gasteiger partial charge in [-0.3, -0.25) is 4.79 Å². The number of pyridine rings is 1. The molecular formula is C23H18N4OS. The van der Waals surface area contributed by atoms with Crippen LogP contribution in [-0.2, 0) is 6.42 Å². The van der Waals surface area contributed by atoms with Crippen LogP contribution in [0.1, 0.15) is 27.3 Å². The zero-order chi connectivity index (χ0) is 19.8. The lowest BCUT2D eigenvalue weighted by Gasteiger charge is -2.06. The van der Waals surface area contributed by atoms with Crippen LogP contribution in [0.3, 0.4) is 0 Å². The van der Waals surface area contributed by atoms with Crippen LogP contribution in [0.5, 0.6) is 0 Å². The molecule has 1 amide bonds. The van der Waals surface area contributed by atoms with E-state index in [1.807, 2.05) is 31.2 Å². The molecule has 0 fully saturated rings. The molecule has 6 heteroatoms. The van der Waals surface area contributed by atoms with E-state index in [-0.39, 0.29) is 5.91 Å². The number of hydrogen-bond acceptors (Lipinski definition) is 5. The Kier molecular flexibility index (Phi) is 4.33. The Balaban J connectivity index is 1.30. The number of fused-ring (bicyclic) bond motifs is 3. The monoisotopic (exact) mass is 398 g/mol. The van der Waals surface area contributed by atoms with Gasteiger partial charge in [-0.05, 0) is 59.9 Å². The smallest absolute Gasteiger partial charge is 0.275 e. The largest absolute Gasteiger partial charge is 0.321 e. The molecule has 2 N–H and O–H groups in total. The summed E-state index contributed by atoms with van der Waals surface area (Å²) in [6.45, 7) is 1.93. The minimum absolute atomic E-state index is 0.220. The highest BCUT2D eigenvalue weighted by Crippen LogP contribution is 2.37. The van der Waals surface area contributed by atoms with Gasteiger partial charge in [-0.15, -0.1) is 11.3 Å². The number of rotatable bonds is 4. The summed E-state index contributed by atoms with van der Waals surface area (Å²) in [5, 5.41) is 8.49. The molecule has 1 aliphatic rings. The van der Waals surface area contributed by atoms with Crippen LogP contribution >= 0.6 is 11.3 Å². The molecule has 0 saturated carbocycles. The Bertz CT molecular complexity index is 1230. The molecule has 1 aliphatic carbocycles. The molecule has 5 rings (SSSR count). The van der Waals surface area contributed by atoms with E-state index in [1.165, 1.54) is 33.6 Å². The van der Waals surface area contributed by atoms with Gasteiger partial charge in [-0.2, -0.15) is 0 Å². The van der Waals surface area contributed by atoms with Crippen molar-refractivity contribution < 1.29 is 4.79 Å². The first kappa shape index (κ1) is 17.6. The minimum Gasteiger partial charge on any atom is -0.321 e. The highest BCUT2D eigenvalue weighted by molar-refractivity contribution is 7.14. The van der Waals surface area contributed by atoms with Crippen LogP contribution in [-0.4, -0.2) is 15.9 Å². The summed E-state index contributed by atoms with van der Waals surface area (Å²) in [5.74, 6) is 0.492. The third kappa shape index (κ3) is 3.50. The van der Waals surface area contributed by atoms with Crippen molar-refractivity contribution in [3.63, 3.8) is 0 Å². The van der Waals surface area contributed by atoms with E-state index in [2.05, 4.69) is 57.0 Å². The fourth-order valence-corrected chi connectivity index (χ4v) is 4.27. The van der Waals surface area contributed by atoms with Crippen molar-refractivity contribution in [2.75, 3.05) is 10.6 Å².